The van der Waals surface area contributed by atoms with Crippen molar-refractivity contribution in [1.82, 2.24) is 10.2 Å². The maximum Gasteiger partial charge on any atom is 0.224 e. The van der Waals surface area contributed by atoms with E-state index in [-0.39, 0.29) is 17.2 Å². The number of hydrogen-bond donors (Lipinski definition) is 2. The second-order valence-electron chi connectivity index (χ2n) is 6.11. The molecule has 5 heteroatoms. The van der Waals surface area contributed by atoms with Crippen molar-refractivity contribution in [3.8, 4) is 0 Å². The highest BCUT2D eigenvalue weighted by molar-refractivity contribution is 5.79. The van der Waals surface area contributed by atoms with Gasteiger partial charge in [0.25, 0.3) is 0 Å². The quantitative estimate of drug-likeness (QED) is 0.715. The van der Waals surface area contributed by atoms with Gasteiger partial charge in [0.05, 0.1) is 0 Å². The molecule has 3 N–H and O–H groups in total. The van der Waals surface area contributed by atoms with Gasteiger partial charge in [-0.1, -0.05) is 19.3 Å². The minimum absolute atomic E-state index is 0.00872. The van der Waals surface area contributed by atoms with Crippen molar-refractivity contribution >= 4 is 11.8 Å². The number of amides is 2. The van der Waals surface area contributed by atoms with Crippen LogP contribution >= 0.6 is 0 Å². The molecule has 5 nitrogen and oxygen atoms in total. The largest absolute Gasteiger partial charge is 0.356 e. The summed E-state index contributed by atoms with van der Waals surface area (Å²) in [7, 11) is 0. The molecule has 1 rings (SSSR count). The Kier molecular flexibility index (Phi) is 7.72. The maximum atomic E-state index is 12.1. The number of carbonyl (C=O) groups excluding carboxylic acids is 2. The van der Waals surface area contributed by atoms with Gasteiger partial charge in [-0.3, -0.25) is 9.59 Å². The molecule has 0 atom stereocenters. The Bertz CT molecular complexity index is 334. The SMILES string of the molecule is CCN(CC)C(=O)CCNC(=O)CC1(CN)CCCCC1. The molecule has 0 heterocycles. The van der Waals surface area contributed by atoms with E-state index in [2.05, 4.69) is 5.32 Å². The van der Waals surface area contributed by atoms with E-state index in [0.717, 1.165) is 25.9 Å². The summed E-state index contributed by atoms with van der Waals surface area (Å²) in [5.41, 5.74) is 5.89. The van der Waals surface area contributed by atoms with E-state index < -0.39 is 0 Å². The van der Waals surface area contributed by atoms with Crippen molar-refractivity contribution in [3.63, 3.8) is 0 Å². The average Bonchev–Trinajstić information content (AvgIpc) is 2.49. The van der Waals surface area contributed by atoms with Gasteiger partial charge in [0, 0.05) is 32.5 Å². The second kappa shape index (κ2) is 9.03. The molecule has 1 saturated carbocycles. The first-order valence-corrected chi connectivity index (χ1v) is 8.31. The summed E-state index contributed by atoms with van der Waals surface area (Å²) < 4.78 is 0. The molecular formula is C16H31N3O2. The Morgan fingerprint density at radius 3 is 2.29 bits per heavy atom. The van der Waals surface area contributed by atoms with Crippen LogP contribution in [0.5, 0.6) is 0 Å². The molecule has 0 aromatic rings. The fourth-order valence-corrected chi connectivity index (χ4v) is 3.20. The molecule has 0 aromatic carbocycles. The monoisotopic (exact) mass is 297 g/mol. The first-order chi connectivity index (χ1) is 10.1. The molecule has 0 bridgehead atoms. The van der Waals surface area contributed by atoms with Crippen LogP contribution in [0.25, 0.3) is 0 Å². The van der Waals surface area contributed by atoms with Gasteiger partial charge in [0.15, 0.2) is 0 Å². The van der Waals surface area contributed by atoms with E-state index in [4.69, 9.17) is 5.73 Å². The Balaban J connectivity index is 2.32. The fraction of sp³-hybridized carbons (Fsp3) is 0.875. The third kappa shape index (κ3) is 5.65. The molecule has 1 fully saturated rings. The molecular weight excluding hydrogens is 266 g/mol. The minimum Gasteiger partial charge on any atom is -0.356 e. The van der Waals surface area contributed by atoms with Crippen LogP contribution in [0.3, 0.4) is 0 Å². The number of nitrogens with two attached hydrogens (primary N) is 1. The molecule has 0 unspecified atom stereocenters. The number of hydrogen-bond acceptors (Lipinski definition) is 3. The molecule has 0 aromatic heterocycles. The summed E-state index contributed by atoms with van der Waals surface area (Å²) in [5.74, 6) is 0.140. The summed E-state index contributed by atoms with van der Waals surface area (Å²) in [6.07, 6.45) is 6.58. The van der Waals surface area contributed by atoms with E-state index in [0.29, 0.717) is 25.9 Å². The predicted octanol–water partition coefficient (Wildman–Crippen LogP) is 1.66. The van der Waals surface area contributed by atoms with Gasteiger partial charge in [-0.05, 0) is 38.6 Å². The standard InChI is InChI=1S/C16H31N3O2/c1-3-19(4-2)15(21)8-11-18-14(20)12-16(13-17)9-6-5-7-10-16/h3-13,17H2,1-2H3,(H,18,20). The van der Waals surface area contributed by atoms with Crippen LogP contribution in [-0.2, 0) is 9.59 Å². The van der Waals surface area contributed by atoms with Crippen molar-refractivity contribution in [2.75, 3.05) is 26.2 Å². The van der Waals surface area contributed by atoms with Gasteiger partial charge in [-0.2, -0.15) is 0 Å². The van der Waals surface area contributed by atoms with Crippen LogP contribution in [0.2, 0.25) is 0 Å². The Hall–Kier alpha value is -1.10. The topological polar surface area (TPSA) is 75.4 Å². The van der Waals surface area contributed by atoms with Crippen molar-refractivity contribution in [2.24, 2.45) is 11.1 Å². The molecule has 122 valence electrons. The zero-order valence-electron chi connectivity index (χ0n) is 13.6. The first kappa shape index (κ1) is 18.0. The molecule has 1 aliphatic rings. The Morgan fingerprint density at radius 2 is 1.76 bits per heavy atom. The Morgan fingerprint density at radius 1 is 1.14 bits per heavy atom. The van der Waals surface area contributed by atoms with Gasteiger partial charge >= 0.3 is 0 Å². The van der Waals surface area contributed by atoms with Crippen molar-refractivity contribution in [3.05, 3.63) is 0 Å². The highest BCUT2D eigenvalue weighted by atomic mass is 16.2. The van der Waals surface area contributed by atoms with Gasteiger partial charge in [-0.25, -0.2) is 0 Å². The second-order valence-corrected chi connectivity index (χ2v) is 6.11. The van der Waals surface area contributed by atoms with E-state index in [1.807, 2.05) is 13.8 Å². The smallest absolute Gasteiger partial charge is 0.224 e. The van der Waals surface area contributed by atoms with E-state index in [1.165, 1.54) is 19.3 Å². The van der Waals surface area contributed by atoms with Crippen LogP contribution in [-0.4, -0.2) is 42.9 Å². The first-order valence-electron chi connectivity index (χ1n) is 8.31. The third-order valence-corrected chi connectivity index (χ3v) is 4.66. The minimum atomic E-state index is -0.00872. The molecule has 0 aliphatic heterocycles. The van der Waals surface area contributed by atoms with E-state index in [9.17, 15) is 9.59 Å². The summed E-state index contributed by atoms with van der Waals surface area (Å²) in [6.45, 7) is 6.38. The number of carbonyl (C=O) groups is 2. The molecule has 0 saturated heterocycles. The van der Waals surface area contributed by atoms with Crippen molar-refractivity contribution in [1.29, 1.82) is 0 Å². The summed E-state index contributed by atoms with van der Waals surface area (Å²) >= 11 is 0. The van der Waals surface area contributed by atoms with Gasteiger partial charge in [0.1, 0.15) is 0 Å². The van der Waals surface area contributed by atoms with Crippen LogP contribution < -0.4 is 11.1 Å². The molecule has 21 heavy (non-hydrogen) atoms. The summed E-state index contributed by atoms with van der Waals surface area (Å²) in [6, 6.07) is 0. The average molecular weight is 297 g/mol. The zero-order chi connectivity index (χ0) is 15.7. The fourth-order valence-electron chi connectivity index (χ4n) is 3.20. The zero-order valence-corrected chi connectivity index (χ0v) is 13.6. The normalized spacial score (nSPS) is 17.3. The molecule has 2 amide bonds. The van der Waals surface area contributed by atoms with E-state index in [1.54, 1.807) is 4.90 Å². The summed E-state index contributed by atoms with van der Waals surface area (Å²) in [5, 5.41) is 2.88. The van der Waals surface area contributed by atoms with Crippen LogP contribution in [0.15, 0.2) is 0 Å². The number of nitrogens with zero attached hydrogens (tertiary/aromatic N) is 1. The van der Waals surface area contributed by atoms with Gasteiger partial charge in [-0.15, -0.1) is 0 Å². The van der Waals surface area contributed by atoms with Crippen molar-refractivity contribution in [2.45, 2.75) is 58.8 Å². The number of nitrogens with one attached hydrogen (secondary N) is 1. The molecule has 0 spiro atoms. The molecule has 1 aliphatic carbocycles. The van der Waals surface area contributed by atoms with Crippen molar-refractivity contribution < 1.29 is 9.59 Å². The lowest BCUT2D eigenvalue weighted by molar-refractivity contribution is -0.130. The third-order valence-electron chi connectivity index (χ3n) is 4.66. The van der Waals surface area contributed by atoms with Crippen LogP contribution in [0, 0.1) is 5.41 Å². The lowest BCUT2D eigenvalue weighted by Gasteiger charge is -2.35. The maximum absolute atomic E-state index is 12.1. The highest BCUT2D eigenvalue weighted by Gasteiger charge is 2.32. The van der Waals surface area contributed by atoms with Gasteiger partial charge in [0.2, 0.25) is 11.8 Å². The lowest BCUT2D eigenvalue weighted by atomic mass is 9.71. The van der Waals surface area contributed by atoms with E-state index >= 15 is 0 Å². The highest BCUT2D eigenvalue weighted by Crippen LogP contribution is 2.38. The van der Waals surface area contributed by atoms with Crippen LogP contribution in [0.4, 0.5) is 0 Å². The Labute approximate surface area is 128 Å². The van der Waals surface area contributed by atoms with Gasteiger partial charge < -0.3 is 16.0 Å². The lowest BCUT2D eigenvalue weighted by Crippen LogP contribution is -2.40. The number of rotatable bonds is 8. The molecule has 0 radical (unpaired) electrons. The van der Waals surface area contributed by atoms with Crippen LogP contribution in [0.1, 0.15) is 58.8 Å². The predicted molar refractivity (Wildman–Crippen MR) is 84.7 cm³/mol. The summed E-state index contributed by atoms with van der Waals surface area (Å²) in [4.78, 5) is 25.7.